The topological polar surface area (TPSA) is 30.9 Å². The zero-order valence-corrected chi connectivity index (χ0v) is 18.8. The zero-order valence-electron chi connectivity index (χ0n) is 18.8. The largest absolute Gasteiger partial charge is 0.492 e. The molecule has 1 fully saturated rings. The van der Waals surface area contributed by atoms with E-state index in [0.29, 0.717) is 6.61 Å². The fourth-order valence-electron chi connectivity index (χ4n) is 5.18. The standard InChI is InChI=1S/C29H29NO3/c1-6-16-30(17-7-1)18-19-31-22-14-12-21(13-15-22)29-28-24-9-3-4-10-26(24)32-20-25(28)23-8-2-5-11-27(23)33-29/h2-5,8-15,29H,1,6-7,16-20H2. The molecule has 0 bridgehead atoms. The molecule has 33 heavy (non-hydrogen) atoms. The third kappa shape index (κ3) is 4.00. The van der Waals surface area contributed by atoms with Crippen molar-refractivity contribution in [3.05, 3.63) is 89.5 Å². The van der Waals surface area contributed by atoms with Crippen molar-refractivity contribution >= 4 is 11.1 Å². The summed E-state index contributed by atoms with van der Waals surface area (Å²) in [6, 6.07) is 24.9. The molecule has 0 N–H and O–H groups in total. The van der Waals surface area contributed by atoms with Crippen LogP contribution in [0, 0.1) is 0 Å². The van der Waals surface area contributed by atoms with E-state index >= 15 is 0 Å². The maximum absolute atomic E-state index is 6.58. The number of para-hydroxylation sites is 2. The van der Waals surface area contributed by atoms with Crippen molar-refractivity contribution in [2.24, 2.45) is 0 Å². The van der Waals surface area contributed by atoms with Crippen LogP contribution in [0.25, 0.3) is 11.1 Å². The van der Waals surface area contributed by atoms with Gasteiger partial charge >= 0.3 is 0 Å². The zero-order chi connectivity index (χ0) is 22.0. The van der Waals surface area contributed by atoms with E-state index in [1.807, 2.05) is 24.3 Å². The van der Waals surface area contributed by atoms with Crippen LogP contribution in [0.2, 0.25) is 0 Å². The lowest BCUT2D eigenvalue weighted by atomic mass is 9.84. The Morgan fingerprint density at radius 2 is 1.52 bits per heavy atom. The Hall–Kier alpha value is -3.24. The van der Waals surface area contributed by atoms with E-state index < -0.39 is 0 Å². The quantitative estimate of drug-likeness (QED) is 0.489. The molecular formula is C29H29NO3. The molecule has 3 aromatic carbocycles. The molecule has 1 unspecified atom stereocenters. The molecule has 0 radical (unpaired) electrons. The van der Waals surface area contributed by atoms with Gasteiger partial charge in [0.2, 0.25) is 0 Å². The lowest BCUT2D eigenvalue weighted by molar-refractivity contribution is 0.183. The van der Waals surface area contributed by atoms with Crippen LogP contribution in [0.4, 0.5) is 0 Å². The number of fused-ring (bicyclic) bond motifs is 4. The Labute approximate surface area is 195 Å². The van der Waals surface area contributed by atoms with E-state index in [2.05, 4.69) is 53.4 Å². The third-order valence-corrected chi connectivity index (χ3v) is 6.90. The highest BCUT2D eigenvalue weighted by atomic mass is 16.5. The molecule has 0 aromatic heterocycles. The van der Waals surface area contributed by atoms with Gasteiger partial charge in [0.1, 0.15) is 30.5 Å². The van der Waals surface area contributed by atoms with Crippen LogP contribution in [0.5, 0.6) is 17.2 Å². The summed E-state index contributed by atoms with van der Waals surface area (Å²) in [6.07, 6.45) is 3.81. The van der Waals surface area contributed by atoms with Crippen molar-refractivity contribution in [3.63, 3.8) is 0 Å². The summed E-state index contributed by atoms with van der Waals surface area (Å²) in [5.41, 5.74) is 5.77. The maximum Gasteiger partial charge on any atom is 0.150 e. The van der Waals surface area contributed by atoms with Gasteiger partial charge in [0.15, 0.2) is 6.10 Å². The molecule has 6 rings (SSSR count). The highest BCUT2D eigenvalue weighted by molar-refractivity contribution is 5.99. The van der Waals surface area contributed by atoms with Gasteiger partial charge in [-0.3, -0.25) is 4.90 Å². The van der Waals surface area contributed by atoms with Crippen molar-refractivity contribution in [2.45, 2.75) is 25.4 Å². The molecule has 0 amide bonds. The van der Waals surface area contributed by atoms with Gasteiger partial charge < -0.3 is 14.2 Å². The Balaban J connectivity index is 1.26. The minimum Gasteiger partial charge on any atom is -0.492 e. The normalized spacial score (nSPS) is 19.6. The molecule has 0 saturated carbocycles. The van der Waals surface area contributed by atoms with Crippen molar-refractivity contribution in [2.75, 3.05) is 32.8 Å². The molecule has 3 aliphatic heterocycles. The summed E-state index contributed by atoms with van der Waals surface area (Å²) in [6.45, 7) is 4.68. The third-order valence-electron chi connectivity index (χ3n) is 6.90. The van der Waals surface area contributed by atoms with Crippen LogP contribution in [0.15, 0.2) is 72.8 Å². The highest BCUT2D eigenvalue weighted by Gasteiger charge is 2.34. The van der Waals surface area contributed by atoms with E-state index in [-0.39, 0.29) is 6.10 Å². The number of nitrogens with zero attached hydrogens (tertiary/aromatic N) is 1. The average Bonchev–Trinajstić information content (AvgIpc) is 2.89. The predicted molar refractivity (Wildman–Crippen MR) is 131 cm³/mol. The number of likely N-dealkylation sites (tertiary alicyclic amines) is 1. The molecule has 3 aliphatic rings. The summed E-state index contributed by atoms with van der Waals surface area (Å²) in [7, 11) is 0. The summed E-state index contributed by atoms with van der Waals surface area (Å²) < 4.78 is 18.7. The van der Waals surface area contributed by atoms with Gasteiger partial charge in [-0.2, -0.15) is 0 Å². The van der Waals surface area contributed by atoms with Crippen molar-refractivity contribution in [1.29, 1.82) is 0 Å². The fraction of sp³-hybridized carbons (Fsp3) is 0.310. The summed E-state index contributed by atoms with van der Waals surface area (Å²) >= 11 is 0. The smallest absolute Gasteiger partial charge is 0.150 e. The number of hydrogen-bond acceptors (Lipinski definition) is 4. The van der Waals surface area contributed by atoms with Crippen LogP contribution < -0.4 is 14.2 Å². The molecule has 1 atom stereocenters. The Bertz CT molecular complexity index is 1160. The van der Waals surface area contributed by atoms with E-state index in [4.69, 9.17) is 14.2 Å². The molecule has 3 aromatic rings. The molecular weight excluding hydrogens is 410 g/mol. The summed E-state index contributed by atoms with van der Waals surface area (Å²) in [4.78, 5) is 2.50. The molecule has 168 valence electrons. The average molecular weight is 440 g/mol. The van der Waals surface area contributed by atoms with Gasteiger partial charge in [-0.25, -0.2) is 0 Å². The van der Waals surface area contributed by atoms with Gasteiger partial charge in [-0.05, 0) is 55.8 Å². The van der Waals surface area contributed by atoms with Gasteiger partial charge in [-0.15, -0.1) is 0 Å². The molecule has 0 spiro atoms. The highest BCUT2D eigenvalue weighted by Crippen LogP contribution is 2.50. The van der Waals surface area contributed by atoms with Crippen molar-refractivity contribution in [1.82, 2.24) is 4.90 Å². The number of rotatable bonds is 5. The van der Waals surface area contributed by atoms with E-state index in [1.165, 1.54) is 43.5 Å². The van der Waals surface area contributed by atoms with Gasteiger partial charge in [0.05, 0.1) is 0 Å². The fourth-order valence-corrected chi connectivity index (χ4v) is 5.18. The minimum atomic E-state index is -0.178. The second kappa shape index (κ2) is 8.95. The second-order valence-electron chi connectivity index (χ2n) is 8.99. The van der Waals surface area contributed by atoms with Crippen LogP contribution in [-0.4, -0.2) is 37.7 Å². The first-order chi connectivity index (χ1) is 16.4. The monoisotopic (exact) mass is 439 g/mol. The summed E-state index contributed by atoms with van der Waals surface area (Å²) in [5, 5.41) is 0. The van der Waals surface area contributed by atoms with E-state index in [9.17, 15) is 0 Å². The SMILES string of the molecule is c1ccc2c(c1)OC(c1ccc(OCCN3CCCCC3)cc1)C1=C2COc2ccccc21. The van der Waals surface area contributed by atoms with E-state index in [0.717, 1.165) is 47.1 Å². The summed E-state index contributed by atoms with van der Waals surface area (Å²) in [5.74, 6) is 2.74. The van der Waals surface area contributed by atoms with Crippen LogP contribution in [0.1, 0.15) is 42.1 Å². The Morgan fingerprint density at radius 1 is 0.788 bits per heavy atom. The van der Waals surface area contributed by atoms with Crippen molar-refractivity contribution < 1.29 is 14.2 Å². The maximum atomic E-state index is 6.58. The first-order valence-electron chi connectivity index (χ1n) is 12.0. The Morgan fingerprint density at radius 3 is 2.33 bits per heavy atom. The van der Waals surface area contributed by atoms with Gasteiger partial charge in [-0.1, -0.05) is 55.0 Å². The Kier molecular flexibility index (Phi) is 5.53. The first-order valence-corrected chi connectivity index (χ1v) is 12.0. The number of ether oxygens (including phenoxy) is 3. The number of piperidine rings is 1. The lowest BCUT2D eigenvalue weighted by Gasteiger charge is -2.35. The molecule has 3 heterocycles. The second-order valence-corrected chi connectivity index (χ2v) is 8.99. The lowest BCUT2D eigenvalue weighted by Crippen LogP contribution is -2.33. The van der Waals surface area contributed by atoms with E-state index in [1.54, 1.807) is 0 Å². The van der Waals surface area contributed by atoms with Crippen molar-refractivity contribution in [3.8, 4) is 17.2 Å². The minimum absolute atomic E-state index is 0.178. The van der Waals surface area contributed by atoms with Gasteiger partial charge in [0, 0.05) is 28.8 Å². The first kappa shape index (κ1) is 20.4. The molecule has 1 saturated heterocycles. The van der Waals surface area contributed by atoms with Gasteiger partial charge in [0.25, 0.3) is 0 Å². The molecule has 4 heteroatoms. The van der Waals surface area contributed by atoms with Crippen LogP contribution >= 0.6 is 0 Å². The number of hydrogen-bond donors (Lipinski definition) is 0. The van der Waals surface area contributed by atoms with Crippen LogP contribution in [-0.2, 0) is 0 Å². The number of benzene rings is 3. The molecule has 4 nitrogen and oxygen atoms in total. The predicted octanol–water partition coefficient (Wildman–Crippen LogP) is 5.99. The van der Waals surface area contributed by atoms with Crippen LogP contribution in [0.3, 0.4) is 0 Å². The molecule has 0 aliphatic carbocycles.